The molecule has 8 atom stereocenters. The van der Waals surface area contributed by atoms with Crippen molar-refractivity contribution in [2.75, 3.05) is 14.1 Å². The summed E-state index contributed by atoms with van der Waals surface area (Å²) in [5, 5.41) is 21.4. The quantitative estimate of drug-likeness (QED) is 0.706. The summed E-state index contributed by atoms with van der Waals surface area (Å²) in [6, 6.07) is 0. The van der Waals surface area contributed by atoms with Crippen molar-refractivity contribution in [1.29, 1.82) is 0 Å². The molecule has 0 aromatic heterocycles. The van der Waals surface area contributed by atoms with Crippen molar-refractivity contribution in [3.05, 3.63) is 11.6 Å². The molecule has 0 bridgehead atoms. The van der Waals surface area contributed by atoms with Crippen LogP contribution in [0.4, 0.5) is 0 Å². The minimum atomic E-state index is -0.347. The van der Waals surface area contributed by atoms with E-state index in [1.807, 2.05) is 14.1 Å². The Balaban J connectivity index is 1.68. The Hall–Kier alpha value is -0.870. The molecular formula is C22H35NO3. The molecule has 4 aliphatic carbocycles. The Morgan fingerprint density at radius 1 is 1.19 bits per heavy atom. The molecular weight excluding hydrogens is 326 g/mol. The summed E-state index contributed by atoms with van der Waals surface area (Å²) in [4.78, 5) is 14.5. The van der Waals surface area contributed by atoms with Crippen LogP contribution in [0.25, 0.3) is 0 Å². The van der Waals surface area contributed by atoms with E-state index in [2.05, 4.69) is 19.9 Å². The molecule has 4 rings (SSSR count). The van der Waals surface area contributed by atoms with Crippen LogP contribution in [0.3, 0.4) is 0 Å². The molecule has 146 valence electrons. The highest BCUT2D eigenvalue weighted by Gasteiger charge is 2.62. The van der Waals surface area contributed by atoms with Gasteiger partial charge in [-0.2, -0.15) is 0 Å². The number of aliphatic hydroxyl groups is 2. The van der Waals surface area contributed by atoms with Crippen molar-refractivity contribution in [1.82, 2.24) is 4.90 Å². The normalized spacial score (nSPS) is 50.3. The van der Waals surface area contributed by atoms with Crippen molar-refractivity contribution < 1.29 is 15.0 Å². The number of hydrogen-bond acceptors (Lipinski definition) is 3. The molecule has 0 aromatic carbocycles. The minimum absolute atomic E-state index is 0.0204. The Kier molecular flexibility index (Phi) is 4.31. The van der Waals surface area contributed by atoms with Crippen molar-refractivity contribution in [3.63, 3.8) is 0 Å². The number of rotatable bonds is 1. The summed E-state index contributed by atoms with van der Waals surface area (Å²) < 4.78 is 0. The van der Waals surface area contributed by atoms with Gasteiger partial charge in [-0.15, -0.1) is 0 Å². The maximum Gasteiger partial charge on any atom is 0.225 e. The van der Waals surface area contributed by atoms with Gasteiger partial charge in [-0.1, -0.05) is 25.5 Å². The minimum Gasteiger partial charge on any atom is -0.393 e. The van der Waals surface area contributed by atoms with Gasteiger partial charge < -0.3 is 15.1 Å². The Morgan fingerprint density at radius 3 is 2.62 bits per heavy atom. The molecule has 3 saturated carbocycles. The summed E-state index contributed by atoms with van der Waals surface area (Å²) in [7, 11) is 3.70. The van der Waals surface area contributed by atoms with E-state index in [0.29, 0.717) is 11.8 Å². The molecule has 0 heterocycles. The Morgan fingerprint density at radius 2 is 1.92 bits per heavy atom. The standard InChI is InChI=1S/C22H35NO3/c1-21-10-9-14(24)11-13(21)5-6-15-16-7-8-17(20(26)23(3)4)22(16,2)12-18(25)19(15)21/h5,14-19,24-25H,6-12H2,1-4H3. The molecule has 0 aromatic rings. The van der Waals surface area contributed by atoms with Gasteiger partial charge in [-0.05, 0) is 73.5 Å². The van der Waals surface area contributed by atoms with Crippen LogP contribution in [0.1, 0.15) is 58.8 Å². The lowest BCUT2D eigenvalue weighted by molar-refractivity contribution is -0.149. The molecule has 0 aliphatic heterocycles. The van der Waals surface area contributed by atoms with Crippen LogP contribution < -0.4 is 0 Å². The second kappa shape index (κ2) is 6.07. The Bertz CT molecular complexity index is 629. The fourth-order valence-electron chi connectivity index (χ4n) is 7.49. The third-order valence-electron chi connectivity index (χ3n) is 8.75. The first-order valence-corrected chi connectivity index (χ1v) is 10.5. The molecule has 0 radical (unpaired) electrons. The van der Waals surface area contributed by atoms with E-state index in [4.69, 9.17) is 0 Å². The number of allylic oxidation sites excluding steroid dienone is 1. The first-order chi connectivity index (χ1) is 12.2. The van der Waals surface area contributed by atoms with Gasteiger partial charge in [0, 0.05) is 20.0 Å². The third-order valence-corrected chi connectivity index (χ3v) is 8.75. The summed E-state index contributed by atoms with van der Waals surface area (Å²) in [5.74, 6) is 1.55. The van der Waals surface area contributed by atoms with Crippen LogP contribution in [-0.2, 0) is 4.79 Å². The van der Waals surface area contributed by atoms with E-state index in [1.54, 1.807) is 4.90 Å². The maximum atomic E-state index is 12.8. The third kappa shape index (κ3) is 2.44. The average molecular weight is 362 g/mol. The molecule has 8 unspecified atom stereocenters. The van der Waals surface area contributed by atoms with Crippen molar-refractivity contribution in [2.24, 2.45) is 34.5 Å². The van der Waals surface area contributed by atoms with E-state index in [0.717, 1.165) is 44.9 Å². The predicted octanol–water partition coefficient (Wildman–Crippen LogP) is 2.99. The lowest BCUT2D eigenvalue weighted by atomic mass is 9.46. The van der Waals surface area contributed by atoms with Crippen LogP contribution >= 0.6 is 0 Å². The molecule has 0 saturated heterocycles. The zero-order chi connectivity index (χ0) is 18.9. The van der Waals surface area contributed by atoms with Gasteiger partial charge in [0.2, 0.25) is 5.91 Å². The number of amides is 1. The van der Waals surface area contributed by atoms with Crippen LogP contribution in [0.5, 0.6) is 0 Å². The van der Waals surface area contributed by atoms with Crippen LogP contribution in [0.2, 0.25) is 0 Å². The average Bonchev–Trinajstić information content (AvgIpc) is 2.90. The number of carbonyl (C=O) groups is 1. The Labute approximate surface area is 157 Å². The first-order valence-electron chi connectivity index (χ1n) is 10.5. The van der Waals surface area contributed by atoms with Gasteiger partial charge in [0.25, 0.3) is 0 Å². The van der Waals surface area contributed by atoms with E-state index in [-0.39, 0.29) is 40.8 Å². The summed E-state index contributed by atoms with van der Waals surface area (Å²) >= 11 is 0. The number of hydrogen-bond donors (Lipinski definition) is 2. The second-order valence-electron chi connectivity index (χ2n) is 10.2. The van der Waals surface area contributed by atoms with Gasteiger partial charge in [0.15, 0.2) is 0 Å². The number of carbonyl (C=O) groups excluding carboxylic acids is 1. The van der Waals surface area contributed by atoms with E-state index in [1.165, 1.54) is 5.57 Å². The fourth-order valence-corrected chi connectivity index (χ4v) is 7.49. The van der Waals surface area contributed by atoms with E-state index in [9.17, 15) is 15.0 Å². The van der Waals surface area contributed by atoms with Crippen LogP contribution in [0, 0.1) is 34.5 Å². The molecule has 0 spiro atoms. The van der Waals surface area contributed by atoms with Gasteiger partial charge in [0.1, 0.15) is 0 Å². The van der Waals surface area contributed by atoms with Crippen molar-refractivity contribution in [2.45, 2.75) is 71.0 Å². The lowest BCUT2D eigenvalue weighted by Gasteiger charge is -2.59. The van der Waals surface area contributed by atoms with Gasteiger partial charge >= 0.3 is 0 Å². The fraction of sp³-hybridized carbons (Fsp3) is 0.864. The molecule has 4 heteroatoms. The summed E-state index contributed by atoms with van der Waals surface area (Å²) in [6.45, 7) is 4.59. The highest BCUT2D eigenvalue weighted by Crippen LogP contribution is 2.66. The van der Waals surface area contributed by atoms with Gasteiger partial charge in [-0.25, -0.2) is 0 Å². The molecule has 4 nitrogen and oxygen atoms in total. The van der Waals surface area contributed by atoms with Crippen molar-refractivity contribution >= 4 is 5.91 Å². The highest BCUT2D eigenvalue weighted by molar-refractivity contribution is 5.79. The largest absolute Gasteiger partial charge is 0.393 e. The van der Waals surface area contributed by atoms with E-state index < -0.39 is 0 Å². The van der Waals surface area contributed by atoms with Crippen LogP contribution in [0.15, 0.2) is 11.6 Å². The highest BCUT2D eigenvalue weighted by atomic mass is 16.3. The number of aliphatic hydroxyl groups excluding tert-OH is 2. The lowest BCUT2D eigenvalue weighted by Crippen LogP contribution is -2.57. The van der Waals surface area contributed by atoms with Gasteiger partial charge in [-0.3, -0.25) is 4.79 Å². The second-order valence-corrected chi connectivity index (χ2v) is 10.2. The van der Waals surface area contributed by atoms with Gasteiger partial charge in [0.05, 0.1) is 12.2 Å². The maximum absolute atomic E-state index is 12.8. The zero-order valence-corrected chi connectivity index (χ0v) is 16.7. The monoisotopic (exact) mass is 361 g/mol. The molecule has 3 fully saturated rings. The zero-order valence-electron chi connectivity index (χ0n) is 16.7. The van der Waals surface area contributed by atoms with E-state index >= 15 is 0 Å². The number of nitrogens with zero attached hydrogens (tertiary/aromatic N) is 1. The van der Waals surface area contributed by atoms with Crippen molar-refractivity contribution in [3.8, 4) is 0 Å². The first kappa shape index (κ1) is 18.5. The van der Waals surface area contributed by atoms with Crippen LogP contribution in [-0.4, -0.2) is 47.3 Å². The summed E-state index contributed by atoms with van der Waals surface area (Å²) in [5.41, 5.74) is 1.31. The molecule has 26 heavy (non-hydrogen) atoms. The molecule has 1 amide bonds. The SMILES string of the molecule is CN(C)C(=O)C1CCC2C3CC=C4CC(O)CCC4(C)C3C(O)CC12C. The smallest absolute Gasteiger partial charge is 0.225 e. The predicted molar refractivity (Wildman–Crippen MR) is 101 cm³/mol. The molecule has 4 aliphatic rings. The number of fused-ring (bicyclic) bond motifs is 5. The molecule has 2 N–H and O–H groups in total. The topological polar surface area (TPSA) is 60.8 Å². The summed E-state index contributed by atoms with van der Waals surface area (Å²) in [6.07, 6.45) is 8.22.